The van der Waals surface area contributed by atoms with Crippen LogP contribution in [0.5, 0.6) is 0 Å². The second kappa shape index (κ2) is 5.17. The molecule has 3 N–H and O–H groups in total. The van der Waals surface area contributed by atoms with Crippen LogP contribution in [0.4, 0.5) is 28.9 Å². The Hall–Kier alpha value is -1.90. The van der Waals surface area contributed by atoms with Crippen LogP contribution in [-0.2, 0) is 0 Å². The van der Waals surface area contributed by atoms with Crippen molar-refractivity contribution in [1.82, 2.24) is 0 Å². The number of nitro benzene ring substituents is 1. The second-order valence-corrected chi connectivity index (χ2v) is 3.45. The van der Waals surface area contributed by atoms with E-state index in [0.717, 1.165) is 0 Å². The molecule has 0 fully saturated rings. The van der Waals surface area contributed by atoms with Crippen LogP contribution in [0.25, 0.3) is 0 Å². The molecule has 0 saturated carbocycles. The zero-order valence-electron chi connectivity index (χ0n) is 8.92. The first-order valence-corrected chi connectivity index (χ1v) is 4.72. The lowest BCUT2D eigenvalue weighted by Gasteiger charge is -2.15. The van der Waals surface area contributed by atoms with Crippen molar-refractivity contribution in [2.24, 2.45) is 5.73 Å². The lowest BCUT2D eigenvalue weighted by molar-refractivity contribution is -0.386. The third-order valence-corrected chi connectivity index (χ3v) is 2.05. The average Bonchev–Trinajstić information content (AvgIpc) is 2.25. The van der Waals surface area contributed by atoms with Gasteiger partial charge in [-0.1, -0.05) is 0 Å². The largest absolute Gasteiger partial charge is 0.373 e. The summed E-state index contributed by atoms with van der Waals surface area (Å²) in [5, 5.41) is 12.5. The van der Waals surface area contributed by atoms with Gasteiger partial charge in [-0.2, -0.15) is 4.39 Å². The van der Waals surface area contributed by atoms with Crippen LogP contribution in [-0.4, -0.2) is 23.9 Å². The molecule has 0 bridgehead atoms. The van der Waals surface area contributed by atoms with Crippen molar-refractivity contribution in [2.75, 3.05) is 18.4 Å². The average molecular weight is 267 g/mol. The number of hydrogen-bond acceptors (Lipinski definition) is 4. The lowest BCUT2D eigenvalue weighted by Crippen LogP contribution is -2.35. The van der Waals surface area contributed by atoms with Crippen molar-refractivity contribution in [3.63, 3.8) is 0 Å². The third kappa shape index (κ3) is 3.29. The number of benzene rings is 1. The van der Waals surface area contributed by atoms with Gasteiger partial charge in [-0.25, -0.2) is 13.2 Å². The van der Waals surface area contributed by atoms with Gasteiger partial charge in [0.05, 0.1) is 18.0 Å². The number of nitrogens with one attached hydrogen (secondary N) is 1. The van der Waals surface area contributed by atoms with Crippen molar-refractivity contribution < 1.29 is 22.5 Å². The van der Waals surface area contributed by atoms with E-state index in [1.165, 1.54) is 0 Å². The molecule has 1 aromatic carbocycles. The molecule has 100 valence electrons. The van der Waals surface area contributed by atoms with Crippen molar-refractivity contribution in [1.29, 1.82) is 0 Å². The molecule has 0 aliphatic heterocycles. The Balaban J connectivity index is 3.04. The van der Waals surface area contributed by atoms with E-state index in [4.69, 9.17) is 5.73 Å². The normalized spacial score (nSPS) is 11.4. The number of halogens is 4. The summed E-state index contributed by atoms with van der Waals surface area (Å²) in [6, 6.07) is 0.859. The van der Waals surface area contributed by atoms with Gasteiger partial charge < -0.3 is 11.1 Å². The Morgan fingerprint density at radius 1 is 1.39 bits per heavy atom. The minimum Gasteiger partial charge on any atom is -0.373 e. The fourth-order valence-electron chi connectivity index (χ4n) is 1.18. The Morgan fingerprint density at radius 3 is 2.50 bits per heavy atom. The van der Waals surface area contributed by atoms with E-state index in [0.29, 0.717) is 12.1 Å². The van der Waals surface area contributed by atoms with Crippen LogP contribution in [0.15, 0.2) is 12.1 Å². The first-order chi connectivity index (χ1) is 8.26. The summed E-state index contributed by atoms with van der Waals surface area (Å²) < 4.78 is 51.6. The SMILES string of the molecule is NCC(F)(F)CNc1cc(F)cc(F)c1[N+](=O)[O-]. The third-order valence-electron chi connectivity index (χ3n) is 2.05. The molecule has 0 amide bonds. The summed E-state index contributed by atoms with van der Waals surface area (Å²) in [6.07, 6.45) is 0. The minimum absolute atomic E-state index is 0.296. The lowest BCUT2D eigenvalue weighted by atomic mass is 10.2. The van der Waals surface area contributed by atoms with Gasteiger partial charge >= 0.3 is 5.69 Å². The van der Waals surface area contributed by atoms with Gasteiger partial charge in [0, 0.05) is 12.1 Å². The summed E-state index contributed by atoms with van der Waals surface area (Å²) >= 11 is 0. The molecule has 1 rings (SSSR count). The molecule has 0 heterocycles. The van der Waals surface area contributed by atoms with E-state index in [-0.39, 0.29) is 0 Å². The summed E-state index contributed by atoms with van der Waals surface area (Å²) in [4.78, 5) is 9.41. The Kier molecular flexibility index (Phi) is 4.07. The highest BCUT2D eigenvalue weighted by Crippen LogP contribution is 2.29. The van der Waals surface area contributed by atoms with Gasteiger partial charge in [-0.05, 0) is 0 Å². The van der Waals surface area contributed by atoms with E-state index in [1.807, 2.05) is 5.32 Å². The molecule has 0 aliphatic carbocycles. The predicted molar refractivity (Wildman–Crippen MR) is 55.5 cm³/mol. The topological polar surface area (TPSA) is 81.2 Å². The van der Waals surface area contributed by atoms with Crippen LogP contribution < -0.4 is 11.1 Å². The molecule has 0 atom stereocenters. The van der Waals surface area contributed by atoms with Crippen molar-refractivity contribution >= 4 is 11.4 Å². The highest BCUT2D eigenvalue weighted by Gasteiger charge is 2.29. The molecule has 0 aliphatic rings. The van der Waals surface area contributed by atoms with Crippen LogP contribution in [0.3, 0.4) is 0 Å². The number of rotatable bonds is 5. The molecule has 9 heteroatoms. The molecule has 1 aromatic rings. The number of anilines is 1. The highest BCUT2D eigenvalue weighted by atomic mass is 19.3. The fourth-order valence-corrected chi connectivity index (χ4v) is 1.18. The Labute approximate surface area is 98.7 Å². The van der Waals surface area contributed by atoms with Gasteiger partial charge in [0.15, 0.2) is 0 Å². The number of hydrogen-bond donors (Lipinski definition) is 2. The standard InChI is InChI=1S/C9H9F4N3O2/c10-5-1-6(11)8(16(17)18)7(2-5)15-4-9(12,13)3-14/h1-2,15H,3-4,14H2. The summed E-state index contributed by atoms with van der Waals surface area (Å²) in [7, 11) is 0. The summed E-state index contributed by atoms with van der Waals surface area (Å²) in [5.41, 5.74) is 3.00. The molecule has 0 unspecified atom stereocenters. The maximum Gasteiger partial charge on any atom is 0.327 e. The van der Waals surface area contributed by atoms with Crippen LogP contribution in [0.2, 0.25) is 0 Å². The Morgan fingerprint density at radius 2 is 2.00 bits per heavy atom. The van der Waals surface area contributed by atoms with E-state index in [9.17, 15) is 27.7 Å². The maximum absolute atomic E-state index is 13.1. The van der Waals surface area contributed by atoms with E-state index < -0.39 is 46.9 Å². The van der Waals surface area contributed by atoms with Gasteiger partial charge in [-0.15, -0.1) is 0 Å². The molecule has 5 nitrogen and oxygen atoms in total. The van der Waals surface area contributed by atoms with Crippen molar-refractivity contribution in [3.8, 4) is 0 Å². The summed E-state index contributed by atoms with van der Waals surface area (Å²) in [5.74, 6) is -5.90. The van der Waals surface area contributed by atoms with Crippen molar-refractivity contribution in [3.05, 3.63) is 33.9 Å². The first-order valence-electron chi connectivity index (χ1n) is 4.72. The minimum atomic E-state index is -3.34. The van der Waals surface area contributed by atoms with Crippen LogP contribution >= 0.6 is 0 Å². The number of alkyl halides is 2. The number of nitrogens with two attached hydrogens (primary N) is 1. The molecule has 18 heavy (non-hydrogen) atoms. The molecule has 0 saturated heterocycles. The molecular weight excluding hydrogens is 258 g/mol. The smallest absolute Gasteiger partial charge is 0.327 e. The number of nitro groups is 1. The zero-order chi connectivity index (χ0) is 13.9. The Bertz CT molecular complexity index is 467. The fraction of sp³-hybridized carbons (Fsp3) is 0.333. The van der Waals surface area contributed by atoms with Gasteiger partial charge in [0.1, 0.15) is 11.5 Å². The molecule has 0 aromatic heterocycles. The number of nitrogens with zero attached hydrogens (tertiary/aromatic N) is 1. The van der Waals surface area contributed by atoms with Crippen molar-refractivity contribution in [2.45, 2.75) is 5.92 Å². The van der Waals surface area contributed by atoms with E-state index in [1.54, 1.807) is 0 Å². The molecule has 0 spiro atoms. The molecular formula is C9H9F4N3O2. The van der Waals surface area contributed by atoms with Gasteiger partial charge in [0.2, 0.25) is 5.82 Å². The highest BCUT2D eigenvalue weighted by molar-refractivity contribution is 5.62. The van der Waals surface area contributed by atoms with Crippen LogP contribution in [0.1, 0.15) is 0 Å². The monoisotopic (exact) mass is 267 g/mol. The molecule has 0 radical (unpaired) electrons. The maximum atomic E-state index is 13.1. The second-order valence-electron chi connectivity index (χ2n) is 3.45. The summed E-state index contributed by atoms with van der Waals surface area (Å²) in [6.45, 7) is -2.06. The van der Waals surface area contributed by atoms with Gasteiger partial charge in [0.25, 0.3) is 5.92 Å². The zero-order valence-corrected chi connectivity index (χ0v) is 8.92. The predicted octanol–water partition coefficient (Wildman–Crippen LogP) is 1.88. The quantitative estimate of drug-likeness (QED) is 0.485. The van der Waals surface area contributed by atoms with E-state index in [2.05, 4.69) is 0 Å². The van der Waals surface area contributed by atoms with Crippen LogP contribution in [0, 0.1) is 21.7 Å². The van der Waals surface area contributed by atoms with Gasteiger partial charge in [-0.3, -0.25) is 10.1 Å². The first kappa shape index (κ1) is 14.2. The van der Waals surface area contributed by atoms with E-state index >= 15 is 0 Å².